The Morgan fingerprint density at radius 3 is 2.44 bits per heavy atom. The highest BCUT2D eigenvalue weighted by atomic mass is 35.5. The fraction of sp³-hybridized carbons (Fsp3) is 0.333. The van der Waals surface area contributed by atoms with Crippen molar-refractivity contribution in [3.63, 3.8) is 0 Å². The van der Waals surface area contributed by atoms with E-state index in [2.05, 4.69) is 5.32 Å². The first-order valence-corrected chi connectivity index (χ1v) is 10.4. The zero-order valence-electron chi connectivity index (χ0n) is 15.7. The predicted molar refractivity (Wildman–Crippen MR) is 113 cm³/mol. The van der Waals surface area contributed by atoms with Gasteiger partial charge in [0, 0.05) is 24.4 Å². The molecule has 1 N–H and O–H groups in total. The third-order valence-corrected chi connectivity index (χ3v) is 5.67. The van der Waals surface area contributed by atoms with E-state index >= 15 is 0 Å². The van der Waals surface area contributed by atoms with Crippen LogP contribution >= 0.6 is 23.4 Å². The van der Waals surface area contributed by atoms with E-state index in [0.717, 1.165) is 11.1 Å². The molecular formula is C21H25ClN2O2S. The molecule has 2 aromatic carbocycles. The maximum Gasteiger partial charge on any atom is 0.242 e. The van der Waals surface area contributed by atoms with E-state index < -0.39 is 6.04 Å². The zero-order valence-corrected chi connectivity index (χ0v) is 17.2. The summed E-state index contributed by atoms with van der Waals surface area (Å²) in [6.45, 7) is 2.27. The standard InChI is InChI=1S/C21H25ClN2O2S/c1-16(21(26)23-2)24(13-12-17-8-4-3-5-9-17)20(25)15-27-14-18-10-6-7-11-19(18)22/h3-11,16H,12-15H2,1-2H3,(H,23,26). The molecule has 2 aromatic rings. The van der Waals surface area contributed by atoms with Crippen molar-refractivity contribution >= 4 is 35.2 Å². The number of rotatable bonds is 9. The minimum atomic E-state index is -0.507. The number of nitrogens with one attached hydrogen (secondary N) is 1. The van der Waals surface area contributed by atoms with Gasteiger partial charge in [0.15, 0.2) is 0 Å². The molecule has 6 heteroatoms. The smallest absolute Gasteiger partial charge is 0.242 e. The third-order valence-electron chi connectivity index (χ3n) is 4.34. The third kappa shape index (κ3) is 6.60. The van der Waals surface area contributed by atoms with Crippen LogP contribution in [-0.2, 0) is 21.8 Å². The van der Waals surface area contributed by atoms with Crippen molar-refractivity contribution in [2.24, 2.45) is 0 Å². The molecule has 0 saturated carbocycles. The molecule has 4 nitrogen and oxygen atoms in total. The Bertz CT molecular complexity index is 755. The van der Waals surface area contributed by atoms with Crippen molar-refractivity contribution < 1.29 is 9.59 Å². The Hall–Kier alpha value is -1.98. The lowest BCUT2D eigenvalue weighted by Gasteiger charge is -2.28. The molecular weight excluding hydrogens is 380 g/mol. The van der Waals surface area contributed by atoms with Gasteiger partial charge in [-0.2, -0.15) is 0 Å². The lowest BCUT2D eigenvalue weighted by atomic mass is 10.1. The number of carbonyl (C=O) groups excluding carboxylic acids is 2. The Morgan fingerprint density at radius 2 is 1.78 bits per heavy atom. The van der Waals surface area contributed by atoms with Crippen molar-refractivity contribution in [2.45, 2.75) is 25.1 Å². The number of nitrogens with zero attached hydrogens (tertiary/aromatic N) is 1. The second kappa shape index (κ2) is 11.0. The van der Waals surface area contributed by atoms with Crippen molar-refractivity contribution in [1.82, 2.24) is 10.2 Å². The average molecular weight is 405 g/mol. The van der Waals surface area contributed by atoms with Gasteiger partial charge in [0.1, 0.15) is 6.04 Å². The SMILES string of the molecule is CNC(=O)C(C)N(CCc1ccccc1)C(=O)CSCc1ccccc1Cl. The van der Waals surface area contributed by atoms with Crippen molar-refractivity contribution in [2.75, 3.05) is 19.3 Å². The van der Waals surface area contributed by atoms with Crippen LogP contribution in [0, 0.1) is 0 Å². The number of likely N-dealkylation sites (N-methyl/N-ethyl adjacent to an activating group) is 1. The van der Waals surface area contributed by atoms with E-state index in [9.17, 15) is 9.59 Å². The second-order valence-corrected chi connectivity index (χ2v) is 7.59. The number of benzene rings is 2. The van der Waals surface area contributed by atoms with E-state index in [-0.39, 0.29) is 11.8 Å². The molecule has 0 aliphatic carbocycles. The molecule has 0 aliphatic rings. The van der Waals surface area contributed by atoms with Crippen LogP contribution in [-0.4, -0.2) is 42.1 Å². The van der Waals surface area contributed by atoms with Gasteiger partial charge in [-0.3, -0.25) is 9.59 Å². The van der Waals surface area contributed by atoms with Gasteiger partial charge in [-0.1, -0.05) is 60.1 Å². The second-order valence-electron chi connectivity index (χ2n) is 6.20. The first-order valence-electron chi connectivity index (χ1n) is 8.89. The normalized spacial score (nSPS) is 11.7. The summed E-state index contributed by atoms with van der Waals surface area (Å²) in [5.74, 6) is 0.764. The van der Waals surface area contributed by atoms with Gasteiger partial charge < -0.3 is 10.2 Å². The summed E-state index contributed by atoms with van der Waals surface area (Å²) in [6.07, 6.45) is 0.711. The lowest BCUT2D eigenvalue weighted by Crippen LogP contribution is -2.48. The molecule has 2 amide bonds. The zero-order chi connectivity index (χ0) is 19.6. The van der Waals surface area contributed by atoms with Crippen LogP contribution in [0.15, 0.2) is 54.6 Å². The summed E-state index contributed by atoms with van der Waals surface area (Å²) in [4.78, 5) is 26.5. The topological polar surface area (TPSA) is 49.4 Å². The summed E-state index contributed by atoms with van der Waals surface area (Å²) < 4.78 is 0. The summed E-state index contributed by atoms with van der Waals surface area (Å²) >= 11 is 7.68. The molecule has 0 fully saturated rings. The van der Waals surface area contributed by atoms with Gasteiger partial charge in [-0.05, 0) is 30.5 Å². The van der Waals surface area contributed by atoms with Crippen molar-refractivity contribution in [3.8, 4) is 0 Å². The Balaban J connectivity index is 1.97. The number of halogens is 1. The van der Waals surface area contributed by atoms with Crippen LogP contribution in [0.2, 0.25) is 5.02 Å². The van der Waals surface area contributed by atoms with Crippen molar-refractivity contribution in [1.29, 1.82) is 0 Å². The molecule has 0 heterocycles. The quantitative estimate of drug-likeness (QED) is 0.691. The summed E-state index contributed by atoms with van der Waals surface area (Å²) in [5, 5.41) is 3.34. The number of amides is 2. The van der Waals surface area contributed by atoms with E-state index in [1.807, 2.05) is 54.6 Å². The highest BCUT2D eigenvalue weighted by Gasteiger charge is 2.24. The summed E-state index contributed by atoms with van der Waals surface area (Å²) in [5.41, 5.74) is 2.15. The molecule has 1 unspecified atom stereocenters. The molecule has 0 aliphatic heterocycles. The van der Waals surface area contributed by atoms with Gasteiger partial charge in [0.25, 0.3) is 0 Å². The number of hydrogen-bond donors (Lipinski definition) is 1. The Labute approximate surface area is 170 Å². The first kappa shape index (κ1) is 21.3. The Morgan fingerprint density at radius 1 is 1.11 bits per heavy atom. The monoisotopic (exact) mass is 404 g/mol. The van der Waals surface area contributed by atoms with Crippen LogP contribution in [0.1, 0.15) is 18.1 Å². The summed E-state index contributed by atoms with van der Waals surface area (Å²) in [7, 11) is 1.59. The van der Waals surface area contributed by atoms with Gasteiger partial charge in [0.05, 0.1) is 5.75 Å². The molecule has 2 rings (SSSR count). The largest absolute Gasteiger partial charge is 0.357 e. The van der Waals surface area contributed by atoms with Gasteiger partial charge in [-0.15, -0.1) is 11.8 Å². The fourth-order valence-corrected chi connectivity index (χ4v) is 3.92. The van der Waals surface area contributed by atoms with E-state index in [0.29, 0.717) is 29.5 Å². The van der Waals surface area contributed by atoms with E-state index in [4.69, 9.17) is 11.6 Å². The van der Waals surface area contributed by atoms with Crippen LogP contribution in [0.25, 0.3) is 0 Å². The lowest BCUT2D eigenvalue weighted by molar-refractivity contribution is -0.137. The van der Waals surface area contributed by atoms with Gasteiger partial charge >= 0.3 is 0 Å². The molecule has 0 aromatic heterocycles. The van der Waals surface area contributed by atoms with E-state index in [1.165, 1.54) is 11.8 Å². The van der Waals surface area contributed by atoms with Gasteiger partial charge in [-0.25, -0.2) is 0 Å². The van der Waals surface area contributed by atoms with Crippen LogP contribution in [0.4, 0.5) is 0 Å². The van der Waals surface area contributed by atoms with E-state index in [1.54, 1.807) is 18.9 Å². The Kier molecular flexibility index (Phi) is 8.69. The average Bonchev–Trinajstić information content (AvgIpc) is 2.69. The number of carbonyl (C=O) groups is 2. The molecule has 0 radical (unpaired) electrons. The maximum atomic E-state index is 12.8. The molecule has 0 spiro atoms. The fourth-order valence-electron chi connectivity index (χ4n) is 2.73. The number of hydrogen-bond acceptors (Lipinski definition) is 3. The summed E-state index contributed by atoms with van der Waals surface area (Å²) in [6, 6.07) is 17.1. The minimum absolute atomic E-state index is 0.0425. The van der Waals surface area contributed by atoms with Crippen LogP contribution in [0.3, 0.4) is 0 Å². The van der Waals surface area contributed by atoms with Crippen molar-refractivity contribution in [3.05, 3.63) is 70.7 Å². The predicted octanol–water partition coefficient (Wildman–Crippen LogP) is 3.78. The number of thioether (sulfide) groups is 1. The molecule has 0 bridgehead atoms. The first-order chi connectivity index (χ1) is 13.0. The molecule has 1 atom stereocenters. The highest BCUT2D eigenvalue weighted by Crippen LogP contribution is 2.21. The van der Waals surface area contributed by atoms with Crippen LogP contribution in [0.5, 0.6) is 0 Å². The maximum absolute atomic E-state index is 12.8. The van der Waals surface area contributed by atoms with Crippen LogP contribution < -0.4 is 5.32 Å². The molecule has 27 heavy (non-hydrogen) atoms. The van der Waals surface area contributed by atoms with Gasteiger partial charge in [0.2, 0.25) is 11.8 Å². The highest BCUT2D eigenvalue weighted by molar-refractivity contribution is 7.99. The molecule has 144 valence electrons. The molecule has 0 saturated heterocycles. The minimum Gasteiger partial charge on any atom is -0.357 e.